The van der Waals surface area contributed by atoms with Gasteiger partial charge in [0.25, 0.3) is 11.7 Å². The van der Waals surface area contributed by atoms with Crippen LogP contribution >= 0.6 is 15.9 Å². The van der Waals surface area contributed by atoms with E-state index in [0.717, 1.165) is 32.6 Å². The average Bonchev–Trinajstić information content (AvgIpc) is 2.76. The summed E-state index contributed by atoms with van der Waals surface area (Å²) in [6.07, 6.45) is 1.62. The van der Waals surface area contributed by atoms with Crippen molar-refractivity contribution in [2.24, 2.45) is 0 Å². The molecule has 1 aromatic heterocycles. The lowest BCUT2D eigenvalue weighted by Gasteiger charge is -2.11. The Morgan fingerprint density at radius 2 is 1.69 bits per heavy atom. The second kappa shape index (κ2) is 8.88. The van der Waals surface area contributed by atoms with Gasteiger partial charge in [0, 0.05) is 27.8 Å². The number of aryl methyl sites for hydroxylation is 2. The van der Waals surface area contributed by atoms with Gasteiger partial charge in [-0.15, -0.1) is 0 Å². The molecule has 1 amide bonds. The molecule has 4 aromatic rings. The van der Waals surface area contributed by atoms with E-state index in [2.05, 4.69) is 26.2 Å². The number of fused-ring (bicyclic) bond motifs is 1. The number of carbonyl (C=O) groups excluding carboxylic acids is 2. The number of benzene rings is 3. The third-order valence-electron chi connectivity index (χ3n) is 5.04. The minimum absolute atomic E-state index is 0.207. The molecule has 0 radical (unpaired) electrons. The molecule has 0 saturated carbocycles. The molecule has 0 bridgehead atoms. The standard InChI is InChI=1S/C25H18BrFN2O3/c1-14-11-20-22(12-15(14)2)28-10-9-23(20)32-18-7-8-19(21(27)13-18)24(30)25(31)29-17-5-3-16(26)4-6-17/h3-13H,1-2H3,(H,29,31). The Morgan fingerprint density at radius 3 is 2.41 bits per heavy atom. The first-order chi connectivity index (χ1) is 15.3. The molecule has 160 valence electrons. The number of nitrogens with one attached hydrogen (secondary N) is 1. The maximum absolute atomic E-state index is 14.7. The second-order valence-electron chi connectivity index (χ2n) is 7.30. The highest BCUT2D eigenvalue weighted by Crippen LogP contribution is 2.31. The van der Waals surface area contributed by atoms with Crippen LogP contribution in [-0.2, 0) is 4.79 Å². The van der Waals surface area contributed by atoms with E-state index >= 15 is 0 Å². The zero-order valence-corrected chi connectivity index (χ0v) is 18.9. The number of nitrogens with zero attached hydrogens (tertiary/aromatic N) is 1. The van der Waals surface area contributed by atoms with E-state index in [-0.39, 0.29) is 11.3 Å². The molecule has 0 aliphatic carbocycles. The largest absolute Gasteiger partial charge is 0.456 e. The van der Waals surface area contributed by atoms with Gasteiger partial charge in [0.2, 0.25) is 0 Å². The Kier molecular flexibility index (Phi) is 6.01. The molecule has 7 heteroatoms. The van der Waals surface area contributed by atoms with Gasteiger partial charge < -0.3 is 10.1 Å². The molecule has 5 nitrogen and oxygen atoms in total. The fourth-order valence-corrected chi connectivity index (χ4v) is 3.45. The van der Waals surface area contributed by atoms with Crippen LogP contribution in [0.2, 0.25) is 0 Å². The van der Waals surface area contributed by atoms with Crippen molar-refractivity contribution in [1.82, 2.24) is 4.98 Å². The summed E-state index contributed by atoms with van der Waals surface area (Å²) >= 11 is 3.29. The van der Waals surface area contributed by atoms with Crippen LogP contribution in [0.15, 0.2) is 71.3 Å². The number of hydrogen-bond donors (Lipinski definition) is 1. The van der Waals surface area contributed by atoms with Crippen LogP contribution in [0.4, 0.5) is 10.1 Å². The van der Waals surface area contributed by atoms with Crippen LogP contribution in [0, 0.1) is 19.7 Å². The Bertz CT molecular complexity index is 1350. The molecule has 0 fully saturated rings. The van der Waals surface area contributed by atoms with Crippen molar-refractivity contribution in [2.75, 3.05) is 5.32 Å². The smallest absolute Gasteiger partial charge is 0.296 e. The number of hydrogen-bond acceptors (Lipinski definition) is 4. The summed E-state index contributed by atoms with van der Waals surface area (Å²) < 4.78 is 21.4. The number of amides is 1. The molecule has 0 aliphatic rings. The molecule has 0 saturated heterocycles. The summed E-state index contributed by atoms with van der Waals surface area (Å²) in [6.45, 7) is 3.99. The Labute approximate surface area is 192 Å². The van der Waals surface area contributed by atoms with Gasteiger partial charge in [-0.25, -0.2) is 4.39 Å². The summed E-state index contributed by atoms with van der Waals surface area (Å²) in [6, 6.07) is 16.1. The second-order valence-corrected chi connectivity index (χ2v) is 8.21. The average molecular weight is 493 g/mol. The molecule has 0 spiro atoms. The van der Waals surface area contributed by atoms with Crippen LogP contribution in [0.3, 0.4) is 0 Å². The third-order valence-corrected chi connectivity index (χ3v) is 5.57. The predicted octanol–water partition coefficient (Wildman–Crippen LogP) is 6.37. The van der Waals surface area contributed by atoms with Crippen LogP contribution < -0.4 is 10.1 Å². The topological polar surface area (TPSA) is 68.3 Å². The van der Waals surface area contributed by atoms with Crippen LogP contribution in [-0.4, -0.2) is 16.7 Å². The normalized spacial score (nSPS) is 10.8. The lowest BCUT2D eigenvalue weighted by atomic mass is 10.1. The van der Waals surface area contributed by atoms with Crippen LogP contribution in [0.5, 0.6) is 11.5 Å². The first kappa shape index (κ1) is 21.6. The lowest BCUT2D eigenvalue weighted by molar-refractivity contribution is -0.112. The summed E-state index contributed by atoms with van der Waals surface area (Å²) in [7, 11) is 0. The number of pyridine rings is 1. The number of rotatable bonds is 5. The first-order valence-electron chi connectivity index (χ1n) is 9.76. The molecule has 4 rings (SSSR count). The summed E-state index contributed by atoms with van der Waals surface area (Å²) in [5.41, 5.74) is 3.05. The molecular weight excluding hydrogens is 475 g/mol. The van der Waals surface area contributed by atoms with Crippen molar-refractivity contribution in [3.8, 4) is 11.5 Å². The van der Waals surface area contributed by atoms with Crippen LogP contribution in [0.1, 0.15) is 21.5 Å². The van der Waals surface area contributed by atoms with Gasteiger partial charge in [-0.05, 0) is 79.6 Å². The Morgan fingerprint density at radius 1 is 0.969 bits per heavy atom. The predicted molar refractivity (Wildman–Crippen MR) is 125 cm³/mol. The van der Waals surface area contributed by atoms with Crippen molar-refractivity contribution in [3.05, 3.63) is 93.8 Å². The number of halogens is 2. The van der Waals surface area contributed by atoms with E-state index in [1.807, 2.05) is 26.0 Å². The van der Waals surface area contributed by atoms with Crippen molar-refractivity contribution in [1.29, 1.82) is 0 Å². The van der Waals surface area contributed by atoms with Crippen LogP contribution in [0.25, 0.3) is 10.9 Å². The zero-order chi connectivity index (χ0) is 22.8. The lowest BCUT2D eigenvalue weighted by Crippen LogP contribution is -2.23. The highest BCUT2D eigenvalue weighted by Gasteiger charge is 2.21. The molecule has 1 heterocycles. The molecule has 1 N–H and O–H groups in total. The van der Waals surface area contributed by atoms with E-state index in [1.54, 1.807) is 36.5 Å². The summed E-state index contributed by atoms with van der Waals surface area (Å²) in [5.74, 6) is -2.02. The van der Waals surface area contributed by atoms with E-state index < -0.39 is 17.5 Å². The maximum atomic E-state index is 14.7. The fraction of sp³-hybridized carbons (Fsp3) is 0.0800. The highest BCUT2D eigenvalue weighted by molar-refractivity contribution is 9.10. The number of ketones is 1. The molecule has 0 atom stereocenters. The third kappa shape index (κ3) is 4.53. The van der Waals surface area contributed by atoms with E-state index in [9.17, 15) is 14.0 Å². The quantitative estimate of drug-likeness (QED) is 0.259. The molecule has 0 aliphatic heterocycles. The van der Waals surface area contributed by atoms with Gasteiger partial charge in [0.15, 0.2) is 0 Å². The number of Topliss-reactive ketones (excluding diaryl/α,β-unsaturated/α-hetero) is 1. The number of carbonyl (C=O) groups is 2. The highest BCUT2D eigenvalue weighted by atomic mass is 79.9. The van der Waals surface area contributed by atoms with Gasteiger partial charge >= 0.3 is 0 Å². The number of anilines is 1. The minimum Gasteiger partial charge on any atom is -0.456 e. The zero-order valence-electron chi connectivity index (χ0n) is 17.3. The van der Waals surface area contributed by atoms with E-state index in [0.29, 0.717) is 11.4 Å². The van der Waals surface area contributed by atoms with Gasteiger partial charge in [-0.2, -0.15) is 0 Å². The number of ether oxygens (including phenoxy) is 1. The van der Waals surface area contributed by atoms with Crippen molar-refractivity contribution in [2.45, 2.75) is 13.8 Å². The molecular formula is C25H18BrFN2O3. The van der Waals surface area contributed by atoms with Gasteiger partial charge in [-0.3, -0.25) is 14.6 Å². The Hall–Kier alpha value is -3.58. The fourth-order valence-electron chi connectivity index (χ4n) is 3.18. The Balaban J connectivity index is 1.55. The van der Waals surface area contributed by atoms with Crippen molar-refractivity contribution < 1.29 is 18.7 Å². The SMILES string of the molecule is Cc1cc2nccc(Oc3ccc(C(=O)C(=O)Nc4ccc(Br)cc4)c(F)c3)c2cc1C. The van der Waals surface area contributed by atoms with Gasteiger partial charge in [0.1, 0.15) is 17.3 Å². The minimum atomic E-state index is -0.975. The van der Waals surface area contributed by atoms with E-state index in [4.69, 9.17) is 4.74 Å². The molecule has 3 aromatic carbocycles. The van der Waals surface area contributed by atoms with Gasteiger partial charge in [0.05, 0.1) is 11.1 Å². The maximum Gasteiger partial charge on any atom is 0.296 e. The van der Waals surface area contributed by atoms with Gasteiger partial charge in [-0.1, -0.05) is 15.9 Å². The first-order valence-corrected chi connectivity index (χ1v) is 10.6. The number of aromatic nitrogens is 1. The van der Waals surface area contributed by atoms with Crippen molar-refractivity contribution in [3.63, 3.8) is 0 Å². The molecule has 32 heavy (non-hydrogen) atoms. The van der Waals surface area contributed by atoms with Crippen molar-refractivity contribution >= 4 is 44.2 Å². The summed E-state index contributed by atoms with van der Waals surface area (Å²) in [4.78, 5) is 29.0. The van der Waals surface area contributed by atoms with E-state index in [1.165, 1.54) is 12.1 Å². The monoisotopic (exact) mass is 492 g/mol. The summed E-state index contributed by atoms with van der Waals surface area (Å²) in [5, 5.41) is 3.26. The molecule has 0 unspecified atom stereocenters.